The van der Waals surface area contributed by atoms with Gasteiger partial charge >= 0.3 is 5.97 Å². The van der Waals surface area contributed by atoms with Gasteiger partial charge in [-0.15, -0.1) is 0 Å². The fourth-order valence-electron chi connectivity index (χ4n) is 3.33. The van der Waals surface area contributed by atoms with E-state index in [0.717, 1.165) is 47.0 Å². The van der Waals surface area contributed by atoms with E-state index in [2.05, 4.69) is 20.1 Å². The molecule has 1 aliphatic heterocycles. The smallest absolute Gasteiger partial charge is 0.356 e. The molecule has 4 rings (SSSR count). The van der Waals surface area contributed by atoms with Crippen molar-refractivity contribution in [3.8, 4) is 17.2 Å². The predicted molar refractivity (Wildman–Crippen MR) is 96.6 cm³/mol. The van der Waals surface area contributed by atoms with Crippen LogP contribution >= 0.6 is 0 Å². The van der Waals surface area contributed by atoms with Crippen molar-refractivity contribution in [2.75, 3.05) is 13.7 Å². The summed E-state index contributed by atoms with van der Waals surface area (Å²) >= 11 is 0. The van der Waals surface area contributed by atoms with Gasteiger partial charge < -0.3 is 14.3 Å². The average Bonchev–Trinajstić information content (AvgIpc) is 3.25. The summed E-state index contributed by atoms with van der Waals surface area (Å²) < 4.78 is 11.1. The second-order valence-corrected chi connectivity index (χ2v) is 6.55. The van der Waals surface area contributed by atoms with Crippen molar-refractivity contribution in [2.24, 2.45) is 0 Å². The lowest BCUT2D eigenvalue weighted by Crippen LogP contribution is -2.30. The van der Waals surface area contributed by atoms with Gasteiger partial charge in [-0.1, -0.05) is 6.07 Å². The molecule has 0 radical (unpaired) electrons. The summed E-state index contributed by atoms with van der Waals surface area (Å²) in [6.45, 7) is 3.80. The zero-order chi connectivity index (χ0) is 19.0. The largest absolute Gasteiger partial charge is 0.497 e. The van der Waals surface area contributed by atoms with E-state index in [1.165, 1.54) is 0 Å². The van der Waals surface area contributed by atoms with Crippen LogP contribution in [-0.4, -0.2) is 44.8 Å². The van der Waals surface area contributed by atoms with Gasteiger partial charge in [0.05, 0.1) is 12.8 Å². The molecule has 0 unspecified atom stereocenters. The monoisotopic (exact) mass is 368 g/mol. The van der Waals surface area contributed by atoms with E-state index >= 15 is 0 Å². The van der Waals surface area contributed by atoms with Crippen LogP contribution in [0.3, 0.4) is 0 Å². The summed E-state index contributed by atoms with van der Waals surface area (Å²) in [5.41, 5.74) is 3.45. The Morgan fingerprint density at radius 1 is 1.44 bits per heavy atom. The number of fused-ring (bicyclic) bond motifs is 1. The Morgan fingerprint density at radius 2 is 2.30 bits per heavy atom. The minimum Gasteiger partial charge on any atom is -0.497 e. The molecule has 3 aromatic rings. The fourth-order valence-corrected chi connectivity index (χ4v) is 3.33. The Bertz CT molecular complexity index is 992. The number of aromatic nitrogens is 3. The molecule has 8 nitrogen and oxygen atoms in total. The van der Waals surface area contributed by atoms with Crippen molar-refractivity contribution in [3.05, 3.63) is 52.7 Å². The molecule has 2 aromatic heterocycles. The van der Waals surface area contributed by atoms with Crippen LogP contribution in [-0.2, 0) is 19.5 Å². The number of benzene rings is 1. The fraction of sp³-hybridized carbons (Fsp3) is 0.316. The molecule has 1 aromatic carbocycles. The normalized spacial score (nSPS) is 14.1. The maximum atomic E-state index is 11.3. The number of carboxylic acids is 1. The van der Waals surface area contributed by atoms with Crippen LogP contribution in [0.2, 0.25) is 0 Å². The number of aromatic amines is 1. The number of carboxylic acid groups (broad SMARTS) is 1. The minimum atomic E-state index is -1.01. The topological polar surface area (TPSA) is 104 Å². The molecular weight excluding hydrogens is 348 g/mol. The molecular formula is C19H20N4O4. The summed E-state index contributed by atoms with van der Waals surface area (Å²) in [5.74, 6) is 1.04. The molecule has 0 amide bonds. The lowest BCUT2D eigenvalue weighted by Gasteiger charge is -2.25. The van der Waals surface area contributed by atoms with Crippen molar-refractivity contribution >= 4 is 5.97 Å². The zero-order valence-corrected chi connectivity index (χ0v) is 15.2. The molecule has 3 heterocycles. The van der Waals surface area contributed by atoms with Gasteiger partial charge in [0.25, 0.3) is 0 Å². The number of nitrogens with zero attached hydrogens (tertiary/aromatic N) is 3. The Balaban J connectivity index is 1.54. The van der Waals surface area contributed by atoms with Gasteiger partial charge in [0.2, 0.25) is 5.89 Å². The first-order valence-corrected chi connectivity index (χ1v) is 8.67. The second kappa shape index (κ2) is 6.88. The quantitative estimate of drug-likeness (QED) is 0.713. The predicted octanol–water partition coefficient (Wildman–Crippen LogP) is 2.64. The highest BCUT2D eigenvalue weighted by atomic mass is 16.5. The SMILES string of the molecule is COc1cccc(-c2nc(CN3CCc4[nH]nc(C(=O)O)c4C3)c(C)o2)c1. The van der Waals surface area contributed by atoms with E-state index in [4.69, 9.17) is 9.15 Å². The van der Waals surface area contributed by atoms with Crippen LogP contribution in [0.4, 0.5) is 0 Å². The number of oxazole rings is 1. The first-order valence-electron chi connectivity index (χ1n) is 8.67. The summed E-state index contributed by atoms with van der Waals surface area (Å²) in [6, 6.07) is 7.57. The number of ether oxygens (including phenoxy) is 1. The number of H-pyrrole nitrogens is 1. The molecule has 0 saturated carbocycles. The van der Waals surface area contributed by atoms with Crippen molar-refractivity contribution in [1.82, 2.24) is 20.1 Å². The van der Waals surface area contributed by atoms with E-state index < -0.39 is 5.97 Å². The van der Waals surface area contributed by atoms with Crippen LogP contribution in [0.15, 0.2) is 28.7 Å². The zero-order valence-electron chi connectivity index (χ0n) is 15.2. The first kappa shape index (κ1) is 17.3. The number of methoxy groups -OCH3 is 1. The maximum absolute atomic E-state index is 11.3. The number of aromatic carboxylic acids is 1. The Kier molecular flexibility index (Phi) is 4.41. The van der Waals surface area contributed by atoms with Gasteiger partial charge in [0, 0.05) is 42.9 Å². The molecule has 0 aliphatic carbocycles. The van der Waals surface area contributed by atoms with Gasteiger partial charge in [-0.3, -0.25) is 10.00 Å². The Labute approximate surface area is 155 Å². The van der Waals surface area contributed by atoms with E-state index in [9.17, 15) is 9.90 Å². The lowest BCUT2D eigenvalue weighted by molar-refractivity contribution is 0.0687. The summed E-state index contributed by atoms with van der Waals surface area (Å²) in [5, 5.41) is 16.0. The molecule has 8 heteroatoms. The number of aryl methyl sites for hydroxylation is 1. The third kappa shape index (κ3) is 3.31. The van der Waals surface area contributed by atoms with E-state index in [0.29, 0.717) is 19.0 Å². The van der Waals surface area contributed by atoms with Gasteiger partial charge in [0.15, 0.2) is 5.69 Å². The van der Waals surface area contributed by atoms with Crippen molar-refractivity contribution < 1.29 is 19.1 Å². The van der Waals surface area contributed by atoms with Gasteiger partial charge in [-0.05, 0) is 25.1 Å². The van der Waals surface area contributed by atoms with Crippen LogP contribution in [0.1, 0.15) is 33.2 Å². The average molecular weight is 368 g/mol. The molecule has 0 atom stereocenters. The lowest BCUT2D eigenvalue weighted by atomic mass is 10.1. The van der Waals surface area contributed by atoms with E-state index in [-0.39, 0.29) is 5.69 Å². The van der Waals surface area contributed by atoms with E-state index in [1.54, 1.807) is 7.11 Å². The first-order chi connectivity index (χ1) is 13.0. The molecule has 0 spiro atoms. The van der Waals surface area contributed by atoms with Crippen LogP contribution in [0, 0.1) is 6.92 Å². The third-order valence-electron chi connectivity index (χ3n) is 4.80. The van der Waals surface area contributed by atoms with E-state index in [1.807, 2.05) is 31.2 Å². The molecule has 0 bridgehead atoms. The molecule has 0 fully saturated rings. The highest BCUT2D eigenvalue weighted by Crippen LogP contribution is 2.27. The number of nitrogens with one attached hydrogen (secondary N) is 1. The van der Waals surface area contributed by atoms with Crippen molar-refractivity contribution in [1.29, 1.82) is 0 Å². The molecule has 1 aliphatic rings. The number of hydrogen-bond acceptors (Lipinski definition) is 6. The third-order valence-corrected chi connectivity index (χ3v) is 4.80. The summed E-state index contributed by atoms with van der Waals surface area (Å²) in [6.07, 6.45) is 0.731. The van der Waals surface area contributed by atoms with Crippen molar-refractivity contribution in [2.45, 2.75) is 26.4 Å². The summed E-state index contributed by atoms with van der Waals surface area (Å²) in [7, 11) is 1.62. The highest BCUT2D eigenvalue weighted by Gasteiger charge is 2.26. The molecule has 0 saturated heterocycles. The number of hydrogen-bond donors (Lipinski definition) is 2. The number of rotatable bonds is 5. The standard InChI is InChI=1S/C19H20N4O4/c1-11-16(20-18(27-11)12-4-3-5-13(8-12)26-2)10-23-7-6-15-14(9-23)17(19(24)25)22-21-15/h3-5,8H,6-7,9-10H2,1-2H3,(H,21,22)(H,24,25). The molecule has 27 heavy (non-hydrogen) atoms. The van der Waals surface area contributed by atoms with Gasteiger partial charge in [-0.2, -0.15) is 5.10 Å². The molecule has 140 valence electrons. The second-order valence-electron chi connectivity index (χ2n) is 6.55. The number of carbonyl (C=O) groups is 1. The van der Waals surface area contributed by atoms with Crippen LogP contribution in [0.25, 0.3) is 11.5 Å². The Morgan fingerprint density at radius 3 is 3.07 bits per heavy atom. The van der Waals surface area contributed by atoms with Crippen LogP contribution in [0.5, 0.6) is 5.75 Å². The minimum absolute atomic E-state index is 0.101. The van der Waals surface area contributed by atoms with Crippen LogP contribution < -0.4 is 4.74 Å². The van der Waals surface area contributed by atoms with Crippen molar-refractivity contribution in [3.63, 3.8) is 0 Å². The molecule has 2 N–H and O–H groups in total. The Hall–Kier alpha value is -3.13. The maximum Gasteiger partial charge on any atom is 0.356 e. The summed E-state index contributed by atoms with van der Waals surface area (Å²) in [4.78, 5) is 18.1. The highest BCUT2D eigenvalue weighted by molar-refractivity contribution is 5.87. The van der Waals surface area contributed by atoms with Gasteiger partial charge in [0.1, 0.15) is 11.5 Å². The van der Waals surface area contributed by atoms with Gasteiger partial charge in [-0.25, -0.2) is 9.78 Å².